The Kier molecular flexibility index (Phi) is 3.15. The Balaban J connectivity index is 2.29. The fourth-order valence-corrected chi connectivity index (χ4v) is 1.53. The normalized spacial score (nSPS) is 10.6. The molecule has 0 aromatic carbocycles. The van der Waals surface area contributed by atoms with Crippen molar-refractivity contribution in [2.45, 2.75) is 6.04 Å². The second-order valence-electron chi connectivity index (χ2n) is 3.66. The SMILES string of the molecule is O=C(NC(C(=O)O)C(=O)O)c1cnc2ccccn12. The second kappa shape index (κ2) is 4.77. The lowest BCUT2D eigenvalue weighted by Crippen LogP contribution is -2.46. The van der Waals surface area contributed by atoms with Gasteiger partial charge in [-0.15, -0.1) is 0 Å². The van der Waals surface area contributed by atoms with Crippen molar-refractivity contribution in [2.75, 3.05) is 0 Å². The molecule has 0 atom stereocenters. The van der Waals surface area contributed by atoms with Crippen LogP contribution in [0.5, 0.6) is 0 Å². The predicted octanol–water partition coefficient (Wildman–Crippen LogP) is -0.398. The van der Waals surface area contributed by atoms with Crippen molar-refractivity contribution in [3.05, 3.63) is 36.3 Å². The van der Waals surface area contributed by atoms with Crippen LogP contribution in [0.2, 0.25) is 0 Å². The van der Waals surface area contributed by atoms with Crippen LogP contribution >= 0.6 is 0 Å². The lowest BCUT2D eigenvalue weighted by Gasteiger charge is -2.09. The highest BCUT2D eigenvalue weighted by molar-refractivity contribution is 6.04. The van der Waals surface area contributed by atoms with Crippen molar-refractivity contribution < 1.29 is 24.6 Å². The van der Waals surface area contributed by atoms with E-state index in [0.29, 0.717) is 5.65 Å². The molecule has 0 fully saturated rings. The van der Waals surface area contributed by atoms with Gasteiger partial charge in [0.15, 0.2) is 0 Å². The molecular weight excluding hydrogens is 254 g/mol. The highest BCUT2D eigenvalue weighted by atomic mass is 16.4. The molecule has 0 spiro atoms. The average Bonchev–Trinajstić information content (AvgIpc) is 2.78. The minimum absolute atomic E-state index is 0.0584. The van der Waals surface area contributed by atoms with Crippen LogP contribution in [0.4, 0.5) is 0 Å². The number of pyridine rings is 1. The van der Waals surface area contributed by atoms with Crippen molar-refractivity contribution in [3.8, 4) is 0 Å². The summed E-state index contributed by atoms with van der Waals surface area (Å²) in [5, 5.41) is 19.3. The molecule has 1 amide bonds. The van der Waals surface area contributed by atoms with Gasteiger partial charge < -0.3 is 15.5 Å². The van der Waals surface area contributed by atoms with Crippen molar-refractivity contribution in [2.24, 2.45) is 0 Å². The van der Waals surface area contributed by atoms with Crippen molar-refractivity contribution in [1.82, 2.24) is 14.7 Å². The van der Waals surface area contributed by atoms with E-state index in [9.17, 15) is 14.4 Å². The Morgan fingerprint density at radius 3 is 2.53 bits per heavy atom. The van der Waals surface area contributed by atoms with Crippen LogP contribution in [0, 0.1) is 0 Å². The Morgan fingerprint density at radius 2 is 1.89 bits per heavy atom. The molecule has 0 unspecified atom stereocenters. The van der Waals surface area contributed by atoms with Gasteiger partial charge in [-0.25, -0.2) is 14.6 Å². The average molecular weight is 263 g/mol. The molecule has 2 rings (SSSR count). The Labute approximate surface area is 106 Å². The molecular formula is C11H9N3O5. The van der Waals surface area contributed by atoms with E-state index in [2.05, 4.69) is 4.98 Å². The number of fused-ring (bicyclic) bond motifs is 1. The number of carbonyl (C=O) groups is 3. The summed E-state index contributed by atoms with van der Waals surface area (Å²) in [6, 6.07) is 3.04. The molecule has 0 aliphatic carbocycles. The van der Waals surface area contributed by atoms with Crippen LogP contribution < -0.4 is 5.32 Å². The number of aromatic nitrogens is 2. The zero-order chi connectivity index (χ0) is 14.0. The number of hydrogen-bond acceptors (Lipinski definition) is 4. The van der Waals surface area contributed by atoms with Gasteiger partial charge in [-0.2, -0.15) is 0 Å². The van der Waals surface area contributed by atoms with Gasteiger partial charge in [0.1, 0.15) is 11.3 Å². The van der Waals surface area contributed by atoms with Gasteiger partial charge in [0, 0.05) is 6.20 Å². The van der Waals surface area contributed by atoms with Gasteiger partial charge in [-0.1, -0.05) is 6.07 Å². The molecule has 0 bridgehead atoms. The molecule has 2 aromatic heterocycles. The first-order chi connectivity index (χ1) is 9.00. The van der Waals surface area contributed by atoms with Crippen LogP contribution in [0.15, 0.2) is 30.6 Å². The molecule has 0 aliphatic heterocycles. The largest absolute Gasteiger partial charge is 0.479 e. The number of aliphatic carboxylic acids is 2. The van der Waals surface area contributed by atoms with Gasteiger partial charge >= 0.3 is 11.9 Å². The predicted molar refractivity (Wildman–Crippen MR) is 61.7 cm³/mol. The molecule has 2 heterocycles. The molecule has 3 N–H and O–H groups in total. The van der Waals surface area contributed by atoms with E-state index in [-0.39, 0.29) is 5.69 Å². The summed E-state index contributed by atoms with van der Waals surface area (Å²) in [5.74, 6) is -4.11. The Hall–Kier alpha value is -2.90. The molecule has 0 aliphatic rings. The summed E-state index contributed by atoms with van der Waals surface area (Å²) < 4.78 is 1.43. The number of nitrogens with one attached hydrogen (secondary N) is 1. The van der Waals surface area contributed by atoms with E-state index in [4.69, 9.17) is 10.2 Å². The molecule has 8 nitrogen and oxygen atoms in total. The third kappa shape index (κ3) is 2.37. The van der Waals surface area contributed by atoms with E-state index >= 15 is 0 Å². The number of rotatable bonds is 4. The highest BCUT2D eigenvalue weighted by Gasteiger charge is 2.28. The molecule has 2 aromatic rings. The highest BCUT2D eigenvalue weighted by Crippen LogP contribution is 2.06. The first-order valence-corrected chi connectivity index (χ1v) is 5.19. The van der Waals surface area contributed by atoms with Crippen LogP contribution in [0.3, 0.4) is 0 Å². The number of carboxylic acids is 2. The van der Waals surface area contributed by atoms with E-state index in [1.54, 1.807) is 24.4 Å². The van der Waals surface area contributed by atoms with Gasteiger partial charge in [0.2, 0.25) is 6.04 Å². The fraction of sp³-hybridized carbons (Fsp3) is 0.0909. The monoisotopic (exact) mass is 263 g/mol. The van der Waals surface area contributed by atoms with E-state index < -0.39 is 23.9 Å². The standard InChI is InChI=1S/C11H9N3O5/c15-9(13-8(10(16)17)11(18)19)6-5-12-7-3-1-2-4-14(6)7/h1-5,8H,(H,13,15)(H,16,17)(H,18,19). The van der Waals surface area contributed by atoms with Crippen molar-refractivity contribution >= 4 is 23.5 Å². The molecule has 0 saturated carbocycles. The van der Waals surface area contributed by atoms with Crippen LogP contribution in [0.1, 0.15) is 10.5 Å². The summed E-state index contributed by atoms with van der Waals surface area (Å²) in [4.78, 5) is 37.2. The summed E-state index contributed by atoms with van der Waals surface area (Å²) >= 11 is 0. The topological polar surface area (TPSA) is 121 Å². The first-order valence-electron chi connectivity index (χ1n) is 5.19. The second-order valence-corrected chi connectivity index (χ2v) is 3.66. The Morgan fingerprint density at radius 1 is 1.21 bits per heavy atom. The molecule has 8 heteroatoms. The fourth-order valence-electron chi connectivity index (χ4n) is 1.53. The zero-order valence-electron chi connectivity index (χ0n) is 9.48. The lowest BCUT2D eigenvalue weighted by atomic mass is 10.3. The maximum absolute atomic E-state index is 11.8. The quantitative estimate of drug-likeness (QED) is 0.645. The van der Waals surface area contributed by atoms with E-state index in [1.807, 2.05) is 5.32 Å². The minimum Gasteiger partial charge on any atom is -0.479 e. The lowest BCUT2D eigenvalue weighted by molar-refractivity contribution is -0.150. The van der Waals surface area contributed by atoms with Gasteiger partial charge in [-0.3, -0.25) is 9.20 Å². The van der Waals surface area contributed by atoms with Crippen LogP contribution in [-0.4, -0.2) is 43.5 Å². The van der Waals surface area contributed by atoms with Gasteiger partial charge in [0.05, 0.1) is 6.20 Å². The summed E-state index contributed by atoms with van der Waals surface area (Å²) in [5.41, 5.74) is 0.554. The first kappa shape index (κ1) is 12.6. The zero-order valence-corrected chi connectivity index (χ0v) is 9.48. The minimum atomic E-state index is -2.00. The molecule has 0 radical (unpaired) electrons. The number of nitrogens with zero attached hydrogens (tertiary/aromatic N) is 2. The number of carbonyl (C=O) groups excluding carboxylic acids is 1. The smallest absolute Gasteiger partial charge is 0.338 e. The third-order valence-corrected chi connectivity index (χ3v) is 2.42. The number of amides is 1. The summed E-state index contributed by atoms with van der Waals surface area (Å²) in [6.45, 7) is 0. The number of hydrogen-bond donors (Lipinski definition) is 3. The Bertz CT molecular complexity index is 649. The maximum Gasteiger partial charge on any atom is 0.338 e. The third-order valence-electron chi connectivity index (χ3n) is 2.42. The van der Waals surface area contributed by atoms with Gasteiger partial charge in [-0.05, 0) is 12.1 Å². The van der Waals surface area contributed by atoms with Crippen LogP contribution in [0.25, 0.3) is 5.65 Å². The summed E-state index contributed by atoms with van der Waals surface area (Å²) in [6.07, 6.45) is 2.80. The van der Waals surface area contributed by atoms with Crippen molar-refractivity contribution in [3.63, 3.8) is 0 Å². The molecule has 0 saturated heterocycles. The van der Waals surface area contributed by atoms with E-state index in [1.165, 1.54) is 10.6 Å². The van der Waals surface area contributed by atoms with Gasteiger partial charge in [0.25, 0.3) is 5.91 Å². The maximum atomic E-state index is 11.8. The number of imidazole rings is 1. The van der Waals surface area contributed by atoms with E-state index in [0.717, 1.165) is 0 Å². The van der Waals surface area contributed by atoms with Crippen molar-refractivity contribution in [1.29, 1.82) is 0 Å². The summed E-state index contributed by atoms with van der Waals surface area (Å²) in [7, 11) is 0. The van der Waals surface area contributed by atoms with Crippen LogP contribution in [-0.2, 0) is 9.59 Å². The molecule has 98 valence electrons. The number of carboxylic acid groups (broad SMARTS) is 2. The molecule has 19 heavy (non-hydrogen) atoms.